The first-order valence-electron chi connectivity index (χ1n) is 8.66. The van der Waals surface area contributed by atoms with Crippen LogP contribution in [0.4, 0.5) is 0 Å². The summed E-state index contributed by atoms with van der Waals surface area (Å²) in [6.07, 6.45) is 4.32. The van der Waals surface area contributed by atoms with Gasteiger partial charge in [-0.15, -0.1) is 34.2 Å². The Hall–Kier alpha value is -1.88. The molecule has 0 aromatic carbocycles. The molecule has 0 radical (unpaired) electrons. The van der Waals surface area contributed by atoms with Crippen molar-refractivity contribution in [2.45, 2.75) is 33.0 Å². The van der Waals surface area contributed by atoms with E-state index in [0.29, 0.717) is 6.54 Å². The van der Waals surface area contributed by atoms with E-state index in [4.69, 9.17) is 9.41 Å². The molecular formula is C18H25IN6OS. The molecule has 0 unspecified atom stereocenters. The van der Waals surface area contributed by atoms with Crippen LogP contribution in [0.5, 0.6) is 0 Å². The second-order valence-electron chi connectivity index (χ2n) is 5.93. The molecule has 9 heteroatoms. The van der Waals surface area contributed by atoms with E-state index in [1.807, 2.05) is 19.2 Å². The third-order valence-corrected chi connectivity index (χ3v) is 4.71. The van der Waals surface area contributed by atoms with Crippen molar-refractivity contribution in [3.63, 3.8) is 0 Å². The number of aromatic nitrogens is 3. The van der Waals surface area contributed by atoms with E-state index < -0.39 is 0 Å². The van der Waals surface area contributed by atoms with Crippen LogP contribution in [-0.2, 0) is 26.1 Å². The summed E-state index contributed by atoms with van der Waals surface area (Å²) in [5.74, 6) is 2.69. The molecule has 0 fully saturated rings. The quantitative estimate of drug-likeness (QED) is 0.292. The molecule has 1 N–H and O–H groups in total. The fourth-order valence-corrected chi connectivity index (χ4v) is 3.29. The van der Waals surface area contributed by atoms with E-state index in [1.165, 1.54) is 5.56 Å². The number of hydrogen-bond donors (Lipinski definition) is 1. The molecule has 0 aliphatic carbocycles. The predicted octanol–water partition coefficient (Wildman–Crippen LogP) is 3.39. The molecule has 0 atom stereocenters. The standard InChI is InChI=1S/C18H24N6OS.HI/c1-3-17-22-21-14-24(17)8-7-19-18(20-11-16-5-4-9-25-16)23(2)12-15-6-10-26-13-15;/h4-6,9-10,13-14H,3,7-8,11-12H2,1-2H3,(H,19,20);1H. The molecular weight excluding hydrogens is 475 g/mol. The van der Waals surface area contributed by atoms with E-state index in [9.17, 15) is 0 Å². The minimum absolute atomic E-state index is 0. The zero-order valence-electron chi connectivity index (χ0n) is 15.5. The van der Waals surface area contributed by atoms with Gasteiger partial charge in [0, 0.05) is 33.1 Å². The van der Waals surface area contributed by atoms with Crippen LogP contribution in [0.1, 0.15) is 24.1 Å². The molecule has 3 heterocycles. The van der Waals surface area contributed by atoms with Gasteiger partial charge < -0.3 is 19.2 Å². The van der Waals surface area contributed by atoms with Crippen molar-refractivity contribution in [1.29, 1.82) is 0 Å². The van der Waals surface area contributed by atoms with Gasteiger partial charge in [-0.3, -0.25) is 0 Å². The summed E-state index contributed by atoms with van der Waals surface area (Å²) in [7, 11) is 2.04. The normalized spacial score (nSPS) is 11.3. The summed E-state index contributed by atoms with van der Waals surface area (Å²) in [6.45, 7) is 4.94. The van der Waals surface area contributed by atoms with Gasteiger partial charge in [0.1, 0.15) is 24.5 Å². The van der Waals surface area contributed by atoms with Gasteiger partial charge in [0.25, 0.3) is 0 Å². The van der Waals surface area contributed by atoms with Gasteiger partial charge in [-0.2, -0.15) is 11.3 Å². The molecule has 0 spiro atoms. The number of thiophene rings is 1. The highest BCUT2D eigenvalue weighted by Gasteiger charge is 2.09. The summed E-state index contributed by atoms with van der Waals surface area (Å²) < 4.78 is 7.46. The first-order valence-corrected chi connectivity index (χ1v) is 9.60. The maximum atomic E-state index is 5.39. The Morgan fingerprint density at radius 1 is 1.41 bits per heavy atom. The van der Waals surface area contributed by atoms with Crippen molar-refractivity contribution >= 4 is 41.3 Å². The average molecular weight is 500 g/mol. The number of guanidine groups is 1. The highest BCUT2D eigenvalue weighted by atomic mass is 127. The van der Waals surface area contributed by atoms with Gasteiger partial charge in [-0.25, -0.2) is 4.99 Å². The molecule has 0 saturated heterocycles. The molecule has 3 aromatic rings. The summed E-state index contributed by atoms with van der Waals surface area (Å²) in [5, 5.41) is 15.8. The smallest absolute Gasteiger partial charge is 0.194 e. The van der Waals surface area contributed by atoms with Crippen molar-refractivity contribution in [2.75, 3.05) is 13.6 Å². The minimum atomic E-state index is 0. The average Bonchev–Trinajstić information content (AvgIpc) is 3.39. The van der Waals surface area contributed by atoms with Gasteiger partial charge in [-0.1, -0.05) is 6.92 Å². The number of nitrogens with zero attached hydrogens (tertiary/aromatic N) is 5. The maximum Gasteiger partial charge on any atom is 0.194 e. The van der Waals surface area contributed by atoms with Crippen molar-refractivity contribution in [3.8, 4) is 0 Å². The monoisotopic (exact) mass is 500 g/mol. The van der Waals surface area contributed by atoms with E-state index in [-0.39, 0.29) is 24.0 Å². The van der Waals surface area contributed by atoms with Gasteiger partial charge in [0.2, 0.25) is 0 Å². The number of rotatable bonds is 8. The van der Waals surface area contributed by atoms with Crippen molar-refractivity contribution in [3.05, 3.63) is 58.7 Å². The molecule has 0 aliphatic rings. The van der Waals surface area contributed by atoms with E-state index in [2.05, 4.69) is 48.7 Å². The second-order valence-corrected chi connectivity index (χ2v) is 6.71. The predicted molar refractivity (Wildman–Crippen MR) is 118 cm³/mol. The Balaban J connectivity index is 0.00000261. The Kier molecular flexibility index (Phi) is 8.79. The van der Waals surface area contributed by atoms with E-state index >= 15 is 0 Å². The van der Waals surface area contributed by atoms with Crippen molar-refractivity contribution < 1.29 is 4.42 Å². The Morgan fingerprint density at radius 2 is 2.30 bits per heavy atom. The first-order chi connectivity index (χ1) is 12.8. The number of hydrogen-bond acceptors (Lipinski definition) is 5. The number of aryl methyl sites for hydroxylation is 1. The largest absolute Gasteiger partial charge is 0.467 e. The molecule has 0 bridgehead atoms. The van der Waals surface area contributed by atoms with Gasteiger partial charge in [0.05, 0.1) is 6.26 Å². The third kappa shape index (κ3) is 6.35. The molecule has 146 valence electrons. The zero-order chi connectivity index (χ0) is 18.2. The number of aliphatic imine (C=N–C) groups is 1. The highest BCUT2D eigenvalue weighted by Crippen LogP contribution is 2.09. The number of furan rings is 1. The van der Waals surface area contributed by atoms with E-state index in [1.54, 1.807) is 23.9 Å². The van der Waals surface area contributed by atoms with Crippen LogP contribution >= 0.6 is 35.3 Å². The lowest BCUT2D eigenvalue weighted by atomic mass is 10.3. The fraction of sp³-hybridized carbons (Fsp3) is 0.389. The molecule has 3 aromatic heterocycles. The van der Waals surface area contributed by atoms with E-state index in [0.717, 1.165) is 43.6 Å². The molecule has 27 heavy (non-hydrogen) atoms. The summed E-state index contributed by atoms with van der Waals surface area (Å²) in [5.41, 5.74) is 1.28. The lowest BCUT2D eigenvalue weighted by Gasteiger charge is -2.22. The first kappa shape index (κ1) is 21.4. The van der Waals surface area contributed by atoms with Crippen LogP contribution < -0.4 is 5.32 Å². The van der Waals surface area contributed by atoms with Crippen molar-refractivity contribution in [1.82, 2.24) is 25.0 Å². The lowest BCUT2D eigenvalue weighted by molar-refractivity contribution is 0.465. The van der Waals surface area contributed by atoms with Gasteiger partial charge >= 0.3 is 0 Å². The highest BCUT2D eigenvalue weighted by molar-refractivity contribution is 14.0. The fourth-order valence-electron chi connectivity index (χ4n) is 2.63. The van der Waals surface area contributed by atoms with Gasteiger partial charge in [-0.05, 0) is 34.5 Å². The van der Waals surface area contributed by atoms with Crippen molar-refractivity contribution in [2.24, 2.45) is 4.99 Å². The van der Waals surface area contributed by atoms with Crippen LogP contribution in [0.2, 0.25) is 0 Å². The molecule has 0 saturated carbocycles. The van der Waals surface area contributed by atoms with Crippen LogP contribution in [0.25, 0.3) is 0 Å². The Morgan fingerprint density at radius 3 is 3.00 bits per heavy atom. The molecule has 0 amide bonds. The third-order valence-electron chi connectivity index (χ3n) is 3.97. The molecule has 7 nitrogen and oxygen atoms in total. The van der Waals surface area contributed by atoms with Crippen LogP contribution in [0.3, 0.4) is 0 Å². The summed E-state index contributed by atoms with van der Waals surface area (Å²) in [6, 6.07) is 5.95. The summed E-state index contributed by atoms with van der Waals surface area (Å²) >= 11 is 1.71. The van der Waals surface area contributed by atoms with Crippen LogP contribution in [0, 0.1) is 0 Å². The maximum absolute atomic E-state index is 5.39. The summed E-state index contributed by atoms with van der Waals surface area (Å²) in [4.78, 5) is 6.83. The molecule has 0 aliphatic heterocycles. The lowest BCUT2D eigenvalue weighted by Crippen LogP contribution is -2.40. The minimum Gasteiger partial charge on any atom is -0.467 e. The number of nitrogens with one attached hydrogen (secondary N) is 1. The van der Waals surface area contributed by atoms with Crippen LogP contribution in [-0.4, -0.2) is 39.2 Å². The van der Waals surface area contributed by atoms with Gasteiger partial charge in [0.15, 0.2) is 5.96 Å². The second kappa shape index (κ2) is 11.1. The topological polar surface area (TPSA) is 71.5 Å². The number of halogens is 1. The zero-order valence-corrected chi connectivity index (χ0v) is 18.7. The Bertz CT molecular complexity index is 800. The Labute approximate surface area is 180 Å². The molecule has 3 rings (SSSR count). The SMILES string of the molecule is CCc1nncn1CCNC(=NCc1ccco1)N(C)Cc1ccsc1.I. The van der Waals surface area contributed by atoms with Crippen LogP contribution in [0.15, 0.2) is 51.0 Å².